The molecule has 1 aliphatic heterocycles. The number of nitrogens with zero attached hydrogens (tertiary/aromatic N) is 3. The zero-order chi connectivity index (χ0) is 15.4. The fraction of sp³-hybridized carbons (Fsp3) is 1.00. The summed E-state index contributed by atoms with van der Waals surface area (Å²) in [6, 6.07) is 0. The van der Waals surface area contributed by atoms with Crippen molar-refractivity contribution in [3.8, 4) is 0 Å². The minimum Gasteiger partial charge on any atom is -0.300 e. The van der Waals surface area contributed by atoms with E-state index >= 15 is 0 Å². The van der Waals surface area contributed by atoms with Crippen LogP contribution in [0.15, 0.2) is 0 Å². The summed E-state index contributed by atoms with van der Waals surface area (Å²) in [5.41, 5.74) is 0. The lowest BCUT2D eigenvalue weighted by molar-refractivity contribution is 0.189. The van der Waals surface area contributed by atoms with Gasteiger partial charge in [0.1, 0.15) is 0 Å². The standard InChI is InChI=1S/C10H24N4O4S2/c1-3-13(4-2)20(17,18)14-7-5-12(6-8-14)9-10-19(11,15)16/h3-10H2,1-2H3,(H2,11,15,16). The van der Waals surface area contributed by atoms with Crippen LogP contribution in [0.25, 0.3) is 0 Å². The Bertz CT molecular complexity index is 493. The van der Waals surface area contributed by atoms with E-state index in [4.69, 9.17) is 5.14 Å². The maximum Gasteiger partial charge on any atom is 0.282 e. The Hall–Kier alpha value is -0.260. The zero-order valence-electron chi connectivity index (χ0n) is 12.0. The van der Waals surface area contributed by atoms with Gasteiger partial charge in [-0.1, -0.05) is 13.8 Å². The van der Waals surface area contributed by atoms with Crippen LogP contribution < -0.4 is 5.14 Å². The van der Waals surface area contributed by atoms with Crippen LogP contribution in [0, 0.1) is 0 Å². The van der Waals surface area contributed by atoms with E-state index < -0.39 is 20.2 Å². The summed E-state index contributed by atoms with van der Waals surface area (Å²) in [6.45, 7) is 6.67. The highest BCUT2D eigenvalue weighted by molar-refractivity contribution is 7.89. The lowest BCUT2D eigenvalue weighted by Crippen LogP contribution is -2.53. The molecule has 0 aromatic heterocycles. The van der Waals surface area contributed by atoms with Crippen molar-refractivity contribution >= 4 is 20.2 Å². The third-order valence-corrected chi connectivity index (χ3v) is 6.32. The largest absolute Gasteiger partial charge is 0.300 e. The van der Waals surface area contributed by atoms with E-state index in [1.807, 2.05) is 18.7 Å². The van der Waals surface area contributed by atoms with Gasteiger partial charge in [0.15, 0.2) is 0 Å². The van der Waals surface area contributed by atoms with Crippen molar-refractivity contribution in [2.24, 2.45) is 5.14 Å². The molecule has 0 amide bonds. The van der Waals surface area contributed by atoms with Gasteiger partial charge in [-0.3, -0.25) is 4.90 Å². The number of hydrogen-bond acceptors (Lipinski definition) is 5. The first-order valence-electron chi connectivity index (χ1n) is 6.68. The molecule has 0 bridgehead atoms. The molecule has 1 heterocycles. The minimum absolute atomic E-state index is 0.101. The van der Waals surface area contributed by atoms with Crippen molar-refractivity contribution in [3.63, 3.8) is 0 Å². The fourth-order valence-corrected chi connectivity index (χ4v) is 4.27. The normalized spacial score (nSPS) is 19.6. The molecule has 2 N–H and O–H groups in total. The van der Waals surface area contributed by atoms with E-state index in [0.29, 0.717) is 45.8 Å². The summed E-state index contributed by atoms with van der Waals surface area (Å²) in [7, 11) is -6.86. The summed E-state index contributed by atoms with van der Waals surface area (Å²) in [6.07, 6.45) is 0. The van der Waals surface area contributed by atoms with Crippen LogP contribution in [0.1, 0.15) is 13.8 Å². The van der Waals surface area contributed by atoms with Crippen molar-refractivity contribution in [1.82, 2.24) is 13.5 Å². The molecular weight excluding hydrogens is 304 g/mol. The molecule has 1 aliphatic rings. The SMILES string of the molecule is CCN(CC)S(=O)(=O)N1CCN(CCS(N)(=O)=O)CC1. The molecule has 8 nitrogen and oxygen atoms in total. The van der Waals surface area contributed by atoms with Crippen molar-refractivity contribution < 1.29 is 16.8 Å². The van der Waals surface area contributed by atoms with E-state index in [-0.39, 0.29) is 5.75 Å². The maximum absolute atomic E-state index is 12.3. The Balaban J connectivity index is 2.54. The van der Waals surface area contributed by atoms with Gasteiger partial charge in [0, 0.05) is 45.8 Å². The topological polar surface area (TPSA) is 104 Å². The van der Waals surface area contributed by atoms with Crippen LogP contribution in [-0.2, 0) is 20.2 Å². The molecule has 0 aromatic rings. The second-order valence-corrected chi connectivity index (χ2v) is 8.36. The molecular formula is C10H24N4O4S2. The van der Waals surface area contributed by atoms with Gasteiger partial charge in [-0.05, 0) is 0 Å². The van der Waals surface area contributed by atoms with Crippen LogP contribution in [0.3, 0.4) is 0 Å². The molecule has 1 fully saturated rings. The quantitative estimate of drug-likeness (QED) is 0.611. The summed E-state index contributed by atoms with van der Waals surface area (Å²) in [5, 5.41) is 4.96. The van der Waals surface area contributed by atoms with Gasteiger partial charge in [-0.15, -0.1) is 0 Å². The fourth-order valence-electron chi connectivity index (χ4n) is 2.15. The average Bonchev–Trinajstić information content (AvgIpc) is 2.37. The number of nitrogens with two attached hydrogens (primary N) is 1. The number of primary sulfonamides is 1. The van der Waals surface area contributed by atoms with Crippen LogP contribution >= 0.6 is 0 Å². The van der Waals surface area contributed by atoms with Gasteiger partial charge >= 0.3 is 0 Å². The smallest absolute Gasteiger partial charge is 0.282 e. The van der Waals surface area contributed by atoms with E-state index in [1.54, 1.807) is 0 Å². The molecule has 0 aliphatic carbocycles. The van der Waals surface area contributed by atoms with Gasteiger partial charge < -0.3 is 0 Å². The average molecular weight is 328 g/mol. The van der Waals surface area contributed by atoms with Crippen LogP contribution in [0.5, 0.6) is 0 Å². The molecule has 0 aromatic carbocycles. The van der Waals surface area contributed by atoms with Gasteiger partial charge in [0.2, 0.25) is 10.0 Å². The Morgan fingerprint density at radius 1 is 1.00 bits per heavy atom. The molecule has 0 radical (unpaired) electrons. The molecule has 0 saturated carbocycles. The van der Waals surface area contributed by atoms with Crippen molar-refractivity contribution in [2.45, 2.75) is 13.8 Å². The monoisotopic (exact) mass is 328 g/mol. The van der Waals surface area contributed by atoms with Gasteiger partial charge in [0.05, 0.1) is 5.75 Å². The minimum atomic E-state index is -3.47. The molecule has 0 unspecified atom stereocenters. The molecule has 1 saturated heterocycles. The van der Waals surface area contributed by atoms with Gasteiger partial charge in [0.25, 0.3) is 10.2 Å². The van der Waals surface area contributed by atoms with E-state index in [9.17, 15) is 16.8 Å². The third-order valence-electron chi connectivity index (χ3n) is 3.38. The molecule has 120 valence electrons. The van der Waals surface area contributed by atoms with Gasteiger partial charge in [-0.25, -0.2) is 13.6 Å². The third kappa shape index (κ3) is 4.93. The number of rotatable bonds is 7. The number of piperazine rings is 1. The Morgan fingerprint density at radius 3 is 1.90 bits per heavy atom. The first kappa shape index (κ1) is 17.8. The molecule has 20 heavy (non-hydrogen) atoms. The zero-order valence-corrected chi connectivity index (χ0v) is 13.7. The highest BCUT2D eigenvalue weighted by atomic mass is 32.2. The first-order valence-corrected chi connectivity index (χ1v) is 9.80. The van der Waals surface area contributed by atoms with E-state index in [0.717, 1.165) is 0 Å². The number of hydrogen-bond donors (Lipinski definition) is 1. The summed E-state index contributed by atoms with van der Waals surface area (Å²) < 4.78 is 49.3. The Kier molecular flexibility index (Phi) is 6.35. The Morgan fingerprint density at radius 2 is 1.50 bits per heavy atom. The summed E-state index contributed by atoms with van der Waals surface area (Å²) >= 11 is 0. The van der Waals surface area contributed by atoms with Crippen LogP contribution in [0.2, 0.25) is 0 Å². The second-order valence-electron chi connectivity index (χ2n) is 4.70. The van der Waals surface area contributed by atoms with E-state index in [2.05, 4.69) is 0 Å². The highest BCUT2D eigenvalue weighted by Crippen LogP contribution is 2.11. The molecule has 0 atom stereocenters. The maximum atomic E-state index is 12.3. The number of sulfonamides is 1. The Labute approximate surface area is 121 Å². The highest BCUT2D eigenvalue weighted by Gasteiger charge is 2.30. The van der Waals surface area contributed by atoms with Crippen LogP contribution in [-0.4, -0.2) is 81.9 Å². The lowest BCUT2D eigenvalue weighted by Gasteiger charge is -2.36. The molecule has 0 spiro atoms. The van der Waals surface area contributed by atoms with Gasteiger partial charge in [-0.2, -0.15) is 17.0 Å². The van der Waals surface area contributed by atoms with E-state index in [1.165, 1.54) is 8.61 Å². The first-order chi connectivity index (χ1) is 9.20. The van der Waals surface area contributed by atoms with Crippen molar-refractivity contribution in [1.29, 1.82) is 0 Å². The summed E-state index contributed by atoms with van der Waals surface area (Å²) in [4.78, 5) is 1.92. The van der Waals surface area contributed by atoms with Crippen molar-refractivity contribution in [3.05, 3.63) is 0 Å². The molecule has 1 rings (SSSR count). The van der Waals surface area contributed by atoms with Crippen LogP contribution in [0.4, 0.5) is 0 Å². The lowest BCUT2D eigenvalue weighted by atomic mass is 10.4. The second kappa shape index (κ2) is 7.14. The predicted molar refractivity (Wildman–Crippen MR) is 77.8 cm³/mol. The summed E-state index contributed by atoms with van der Waals surface area (Å²) in [5.74, 6) is -0.101. The van der Waals surface area contributed by atoms with Crippen molar-refractivity contribution in [2.75, 3.05) is 51.6 Å². The molecule has 10 heteroatoms. The predicted octanol–water partition coefficient (Wildman–Crippen LogP) is -1.52.